The van der Waals surface area contributed by atoms with Gasteiger partial charge in [-0.3, -0.25) is 4.79 Å². The highest BCUT2D eigenvalue weighted by atomic mass is 32.2. The van der Waals surface area contributed by atoms with Crippen LogP contribution in [0.5, 0.6) is 0 Å². The zero-order valence-corrected chi connectivity index (χ0v) is 13.3. The molecule has 1 aromatic carbocycles. The molecule has 0 aliphatic carbocycles. The van der Waals surface area contributed by atoms with Crippen LogP contribution in [0.15, 0.2) is 35.4 Å². The summed E-state index contributed by atoms with van der Waals surface area (Å²) in [6.45, 7) is 6.17. The fourth-order valence-corrected chi connectivity index (χ4v) is 3.80. The van der Waals surface area contributed by atoms with Crippen molar-refractivity contribution in [1.29, 1.82) is 0 Å². The van der Waals surface area contributed by atoms with Gasteiger partial charge in [0.25, 0.3) is 0 Å². The standard InChI is InChI=1S/C16H19N3OS/c1-10(2)19-15(6-7-17-19)18-16(20)14-9-12-5-4-11(3)8-13(12)21-14/h4-8,10,14H,9H2,1-3H3,(H,18,20). The van der Waals surface area contributed by atoms with Crippen molar-refractivity contribution in [2.24, 2.45) is 0 Å². The Morgan fingerprint density at radius 1 is 1.43 bits per heavy atom. The first-order valence-corrected chi connectivity index (χ1v) is 8.03. The zero-order chi connectivity index (χ0) is 15.0. The summed E-state index contributed by atoms with van der Waals surface area (Å²) in [5.41, 5.74) is 2.50. The van der Waals surface area contributed by atoms with Gasteiger partial charge in [0.2, 0.25) is 5.91 Å². The van der Waals surface area contributed by atoms with Crippen LogP contribution < -0.4 is 5.32 Å². The highest BCUT2D eigenvalue weighted by Crippen LogP contribution is 2.38. The van der Waals surface area contributed by atoms with Crippen LogP contribution in [0.3, 0.4) is 0 Å². The van der Waals surface area contributed by atoms with E-state index in [0.717, 1.165) is 12.2 Å². The van der Waals surface area contributed by atoms with Gasteiger partial charge in [-0.15, -0.1) is 11.8 Å². The van der Waals surface area contributed by atoms with Gasteiger partial charge in [-0.2, -0.15) is 5.10 Å². The van der Waals surface area contributed by atoms with E-state index in [1.54, 1.807) is 18.0 Å². The average molecular weight is 301 g/mol. The zero-order valence-electron chi connectivity index (χ0n) is 12.5. The number of carbonyl (C=O) groups excluding carboxylic acids is 1. The van der Waals surface area contributed by atoms with Gasteiger partial charge in [0, 0.05) is 17.0 Å². The highest BCUT2D eigenvalue weighted by Gasteiger charge is 2.28. The first-order valence-electron chi connectivity index (χ1n) is 7.15. The Balaban J connectivity index is 1.72. The van der Waals surface area contributed by atoms with E-state index < -0.39 is 0 Å². The van der Waals surface area contributed by atoms with Gasteiger partial charge in [-0.25, -0.2) is 4.68 Å². The van der Waals surface area contributed by atoms with Gasteiger partial charge in [0.1, 0.15) is 5.82 Å². The molecule has 0 radical (unpaired) electrons. The third kappa shape index (κ3) is 2.83. The molecular weight excluding hydrogens is 282 g/mol. The second-order valence-corrected chi connectivity index (χ2v) is 6.91. The summed E-state index contributed by atoms with van der Waals surface area (Å²) >= 11 is 1.65. The Bertz CT molecular complexity index is 678. The van der Waals surface area contributed by atoms with Gasteiger partial charge < -0.3 is 5.32 Å². The first-order chi connectivity index (χ1) is 10.0. The van der Waals surface area contributed by atoms with E-state index in [1.807, 2.05) is 24.6 Å². The number of hydrogen-bond donors (Lipinski definition) is 1. The Labute approximate surface area is 128 Å². The third-order valence-electron chi connectivity index (χ3n) is 3.60. The molecule has 2 heterocycles. The second-order valence-electron chi connectivity index (χ2n) is 5.67. The third-order valence-corrected chi connectivity index (χ3v) is 4.90. The lowest BCUT2D eigenvalue weighted by Gasteiger charge is -2.14. The number of rotatable bonds is 3. The summed E-state index contributed by atoms with van der Waals surface area (Å²) in [6.07, 6.45) is 2.51. The normalized spacial score (nSPS) is 17.0. The summed E-state index contributed by atoms with van der Waals surface area (Å²) in [5.74, 6) is 0.819. The molecule has 1 atom stereocenters. The van der Waals surface area contributed by atoms with Crippen LogP contribution in [-0.4, -0.2) is 20.9 Å². The van der Waals surface area contributed by atoms with Crippen molar-refractivity contribution in [1.82, 2.24) is 9.78 Å². The molecule has 21 heavy (non-hydrogen) atoms. The van der Waals surface area contributed by atoms with Crippen molar-refractivity contribution in [2.45, 2.75) is 43.4 Å². The average Bonchev–Trinajstić information content (AvgIpc) is 3.04. The minimum atomic E-state index is -0.0580. The van der Waals surface area contributed by atoms with E-state index in [9.17, 15) is 4.79 Å². The predicted molar refractivity (Wildman–Crippen MR) is 85.8 cm³/mol. The minimum absolute atomic E-state index is 0.0521. The molecule has 0 saturated heterocycles. The lowest BCUT2D eigenvalue weighted by molar-refractivity contribution is -0.115. The van der Waals surface area contributed by atoms with Gasteiger partial charge in [0.15, 0.2) is 0 Å². The molecule has 3 rings (SSSR count). The molecule has 110 valence electrons. The largest absolute Gasteiger partial charge is 0.310 e. The highest BCUT2D eigenvalue weighted by molar-refractivity contribution is 8.01. The van der Waals surface area contributed by atoms with Crippen LogP contribution in [0.25, 0.3) is 0 Å². The Morgan fingerprint density at radius 3 is 3.00 bits per heavy atom. The minimum Gasteiger partial charge on any atom is -0.310 e. The maximum Gasteiger partial charge on any atom is 0.239 e. The lowest BCUT2D eigenvalue weighted by atomic mass is 10.1. The lowest BCUT2D eigenvalue weighted by Crippen LogP contribution is -2.26. The van der Waals surface area contributed by atoms with Crippen LogP contribution in [0.2, 0.25) is 0 Å². The Hall–Kier alpha value is -1.75. The van der Waals surface area contributed by atoms with Crippen molar-refractivity contribution in [3.05, 3.63) is 41.6 Å². The molecule has 1 amide bonds. The van der Waals surface area contributed by atoms with Crippen molar-refractivity contribution < 1.29 is 4.79 Å². The second kappa shape index (κ2) is 5.56. The van der Waals surface area contributed by atoms with E-state index in [-0.39, 0.29) is 17.2 Å². The molecule has 4 nitrogen and oxygen atoms in total. The summed E-state index contributed by atoms with van der Waals surface area (Å²) in [4.78, 5) is 13.7. The predicted octanol–water partition coefficient (Wildman–Crippen LogP) is 3.43. The number of nitrogens with zero attached hydrogens (tertiary/aromatic N) is 2. The number of benzene rings is 1. The summed E-state index contributed by atoms with van der Waals surface area (Å²) in [7, 11) is 0. The van der Waals surface area contributed by atoms with Crippen molar-refractivity contribution in [3.63, 3.8) is 0 Å². The van der Waals surface area contributed by atoms with E-state index in [0.29, 0.717) is 0 Å². The number of anilines is 1. The van der Waals surface area contributed by atoms with Crippen LogP contribution in [-0.2, 0) is 11.2 Å². The topological polar surface area (TPSA) is 46.9 Å². The maximum atomic E-state index is 12.5. The van der Waals surface area contributed by atoms with Crippen molar-refractivity contribution >= 4 is 23.5 Å². The Morgan fingerprint density at radius 2 is 2.24 bits per heavy atom. The van der Waals surface area contributed by atoms with Crippen LogP contribution in [0.1, 0.15) is 31.0 Å². The van der Waals surface area contributed by atoms with E-state index in [2.05, 4.69) is 35.5 Å². The smallest absolute Gasteiger partial charge is 0.239 e. The fraction of sp³-hybridized carbons (Fsp3) is 0.375. The van der Waals surface area contributed by atoms with E-state index >= 15 is 0 Å². The van der Waals surface area contributed by atoms with E-state index in [4.69, 9.17) is 0 Å². The molecule has 5 heteroatoms. The molecule has 0 fully saturated rings. The van der Waals surface area contributed by atoms with Gasteiger partial charge in [-0.1, -0.05) is 17.7 Å². The number of aromatic nitrogens is 2. The number of fused-ring (bicyclic) bond motifs is 1. The summed E-state index contributed by atoms with van der Waals surface area (Å²) < 4.78 is 1.83. The number of nitrogens with one attached hydrogen (secondary N) is 1. The molecule has 1 aromatic heterocycles. The molecule has 1 N–H and O–H groups in total. The quantitative estimate of drug-likeness (QED) is 0.945. The molecule has 1 aliphatic heterocycles. The number of carbonyl (C=O) groups is 1. The number of hydrogen-bond acceptors (Lipinski definition) is 3. The molecule has 1 unspecified atom stereocenters. The molecular formula is C16H19N3OS. The molecule has 1 aliphatic rings. The summed E-state index contributed by atoms with van der Waals surface area (Å²) in [5, 5.41) is 7.19. The molecule has 0 saturated carbocycles. The summed E-state index contributed by atoms with van der Waals surface area (Å²) in [6, 6.07) is 8.46. The van der Waals surface area contributed by atoms with Gasteiger partial charge >= 0.3 is 0 Å². The molecule has 0 bridgehead atoms. The monoisotopic (exact) mass is 301 g/mol. The van der Waals surface area contributed by atoms with Crippen LogP contribution >= 0.6 is 11.8 Å². The number of aryl methyl sites for hydroxylation is 1. The van der Waals surface area contributed by atoms with E-state index in [1.165, 1.54) is 16.0 Å². The Kier molecular flexibility index (Phi) is 3.76. The molecule has 2 aromatic rings. The SMILES string of the molecule is Cc1ccc2c(c1)SC(C(=O)Nc1ccnn1C(C)C)C2. The first kappa shape index (κ1) is 14.2. The fourth-order valence-electron chi connectivity index (χ4n) is 2.51. The number of amides is 1. The van der Waals surface area contributed by atoms with Crippen LogP contribution in [0, 0.1) is 6.92 Å². The van der Waals surface area contributed by atoms with Gasteiger partial charge in [-0.05, 0) is 38.8 Å². The number of thioether (sulfide) groups is 1. The maximum absolute atomic E-state index is 12.5. The van der Waals surface area contributed by atoms with Crippen molar-refractivity contribution in [3.8, 4) is 0 Å². The molecule has 0 spiro atoms. The van der Waals surface area contributed by atoms with Gasteiger partial charge in [0.05, 0.1) is 11.4 Å². The van der Waals surface area contributed by atoms with Crippen molar-refractivity contribution in [2.75, 3.05) is 5.32 Å². The van der Waals surface area contributed by atoms with Crippen LogP contribution in [0.4, 0.5) is 5.82 Å².